The molecule has 0 spiro atoms. The molecule has 0 bridgehead atoms. The molecular weight excluding hydrogens is 234 g/mol. The molecule has 0 saturated carbocycles. The van der Waals surface area contributed by atoms with Crippen molar-refractivity contribution >= 4 is 12.3 Å². The van der Waals surface area contributed by atoms with Crippen molar-refractivity contribution < 1.29 is 4.74 Å². The van der Waals surface area contributed by atoms with Crippen LogP contribution in [0, 0.1) is 5.21 Å². The highest BCUT2D eigenvalue weighted by Crippen LogP contribution is 2.17. The molecular formula is C17H15NO. The summed E-state index contributed by atoms with van der Waals surface area (Å²) >= 11 is 0. The van der Waals surface area contributed by atoms with Crippen molar-refractivity contribution in [1.29, 1.82) is 0 Å². The van der Waals surface area contributed by atoms with E-state index >= 15 is 0 Å². The Morgan fingerprint density at radius 3 is 2.58 bits per heavy atom. The predicted molar refractivity (Wildman–Crippen MR) is 78.2 cm³/mol. The van der Waals surface area contributed by atoms with E-state index in [0.717, 1.165) is 22.3 Å². The summed E-state index contributed by atoms with van der Waals surface area (Å²) in [4.78, 5) is 0. The van der Waals surface area contributed by atoms with Crippen molar-refractivity contribution in [3.8, 4) is 0 Å². The zero-order valence-corrected chi connectivity index (χ0v) is 10.6. The smallest absolute Gasteiger partial charge is 0.186 e. The van der Waals surface area contributed by atoms with Crippen molar-refractivity contribution in [2.75, 3.05) is 0 Å². The molecule has 1 aliphatic rings. The van der Waals surface area contributed by atoms with E-state index in [-0.39, 0.29) is 6.04 Å². The van der Waals surface area contributed by atoms with Gasteiger partial charge in [0.1, 0.15) is 0 Å². The first-order valence-corrected chi connectivity index (χ1v) is 6.44. The van der Waals surface area contributed by atoms with Gasteiger partial charge in [-0.25, -0.2) is 4.74 Å². The van der Waals surface area contributed by atoms with Crippen molar-refractivity contribution in [2.45, 2.75) is 12.5 Å². The molecule has 2 heteroatoms. The monoisotopic (exact) mass is 249 g/mol. The van der Waals surface area contributed by atoms with E-state index in [1.165, 1.54) is 5.56 Å². The molecule has 2 nitrogen and oxygen atoms in total. The highest BCUT2D eigenvalue weighted by molar-refractivity contribution is 5.79. The predicted octanol–water partition coefficient (Wildman–Crippen LogP) is 3.25. The normalized spacial score (nSPS) is 18.1. The van der Waals surface area contributed by atoms with Gasteiger partial charge >= 0.3 is 0 Å². The van der Waals surface area contributed by atoms with Crippen LogP contribution in [0.4, 0.5) is 0 Å². The van der Waals surface area contributed by atoms with Crippen LogP contribution in [0.2, 0.25) is 0 Å². The number of hydroxylamine groups is 1. The average molecular weight is 249 g/mol. The molecule has 3 rings (SSSR count). The van der Waals surface area contributed by atoms with Gasteiger partial charge in [-0.15, -0.1) is 0 Å². The molecule has 1 heterocycles. The zero-order valence-electron chi connectivity index (χ0n) is 10.6. The van der Waals surface area contributed by atoms with Crippen LogP contribution in [0.3, 0.4) is 0 Å². The van der Waals surface area contributed by atoms with Gasteiger partial charge in [0.2, 0.25) is 0 Å². The minimum Gasteiger partial charge on any atom is -0.623 e. The van der Waals surface area contributed by atoms with Gasteiger partial charge in [0.15, 0.2) is 12.3 Å². The van der Waals surface area contributed by atoms with Gasteiger partial charge in [-0.3, -0.25) is 0 Å². The highest BCUT2D eigenvalue weighted by atomic mass is 16.5. The van der Waals surface area contributed by atoms with Crippen LogP contribution in [0.25, 0.3) is 6.08 Å². The van der Waals surface area contributed by atoms with E-state index < -0.39 is 0 Å². The standard InChI is InChI=1S/C17H15NO/c19-18-13-16-9-5-4-8-15(16)12-17(18)11-10-14-6-2-1-3-7-14/h1-11,13,17H,12H2/b11-10+. The minimum atomic E-state index is -0.116. The fourth-order valence-corrected chi connectivity index (χ4v) is 2.33. The van der Waals surface area contributed by atoms with Gasteiger partial charge in [0, 0.05) is 12.0 Å². The van der Waals surface area contributed by atoms with Crippen molar-refractivity contribution in [1.82, 2.24) is 0 Å². The first-order chi connectivity index (χ1) is 9.33. The van der Waals surface area contributed by atoms with E-state index in [4.69, 9.17) is 0 Å². The summed E-state index contributed by atoms with van der Waals surface area (Å²) in [6.45, 7) is 0. The largest absolute Gasteiger partial charge is 0.623 e. The minimum absolute atomic E-state index is 0.116. The molecule has 1 atom stereocenters. The topological polar surface area (TPSA) is 26.1 Å². The molecule has 2 aromatic rings. The fraction of sp³-hybridized carbons (Fsp3) is 0.118. The maximum atomic E-state index is 12.0. The van der Waals surface area contributed by atoms with Crippen molar-refractivity contribution in [3.05, 3.63) is 82.6 Å². The summed E-state index contributed by atoms with van der Waals surface area (Å²) in [5, 5.41) is 12.0. The molecule has 0 radical (unpaired) electrons. The fourth-order valence-electron chi connectivity index (χ4n) is 2.33. The maximum Gasteiger partial charge on any atom is 0.186 e. The first kappa shape index (κ1) is 11.7. The Labute approximate surface area is 112 Å². The van der Waals surface area contributed by atoms with E-state index in [1.54, 1.807) is 6.21 Å². The molecule has 0 fully saturated rings. The van der Waals surface area contributed by atoms with Crippen LogP contribution < -0.4 is 0 Å². The van der Waals surface area contributed by atoms with Crippen molar-refractivity contribution in [2.24, 2.45) is 0 Å². The molecule has 1 aliphatic heterocycles. The number of fused-ring (bicyclic) bond motifs is 1. The molecule has 0 aliphatic carbocycles. The molecule has 2 aromatic carbocycles. The number of nitrogens with zero attached hydrogens (tertiary/aromatic N) is 1. The second-order valence-electron chi connectivity index (χ2n) is 4.73. The third-order valence-electron chi connectivity index (χ3n) is 3.39. The van der Waals surface area contributed by atoms with Gasteiger partial charge in [0.25, 0.3) is 0 Å². The van der Waals surface area contributed by atoms with Crippen LogP contribution in [0.5, 0.6) is 0 Å². The Hall–Kier alpha value is -2.35. The van der Waals surface area contributed by atoms with E-state index in [0.29, 0.717) is 0 Å². The number of hydrogen-bond acceptors (Lipinski definition) is 1. The number of hydrogen-bond donors (Lipinski definition) is 0. The second kappa shape index (κ2) is 5.11. The lowest BCUT2D eigenvalue weighted by atomic mass is 9.97. The Morgan fingerprint density at radius 1 is 1.00 bits per heavy atom. The first-order valence-electron chi connectivity index (χ1n) is 6.44. The van der Waals surface area contributed by atoms with Crippen LogP contribution >= 0.6 is 0 Å². The number of rotatable bonds is 2. The quantitative estimate of drug-likeness (QED) is 0.592. The van der Waals surface area contributed by atoms with Gasteiger partial charge in [-0.05, 0) is 23.3 Å². The third kappa shape index (κ3) is 2.58. The van der Waals surface area contributed by atoms with E-state index in [9.17, 15) is 5.21 Å². The van der Waals surface area contributed by atoms with Crippen LogP contribution in [-0.2, 0) is 6.42 Å². The van der Waals surface area contributed by atoms with Gasteiger partial charge in [-0.2, -0.15) is 0 Å². The van der Waals surface area contributed by atoms with E-state index in [1.807, 2.05) is 60.7 Å². The van der Waals surface area contributed by atoms with Gasteiger partial charge in [0.05, 0.1) is 0 Å². The summed E-state index contributed by atoms with van der Waals surface area (Å²) in [6, 6.07) is 18.0. The number of benzene rings is 2. The summed E-state index contributed by atoms with van der Waals surface area (Å²) in [5.41, 5.74) is 3.38. The van der Waals surface area contributed by atoms with Gasteiger partial charge < -0.3 is 5.21 Å². The molecule has 0 N–H and O–H groups in total. The summed E-state index contributed by atoms with van der Waals surface area (Å²) in [5.74, 6) is 0. The molecule has 0 aromatic heterocycles. The summed E-state index contributed by atoms with van der Waals surface area (Å²) in [6.07, 6.45) is 6.43. The lowest BCUT2D eigenvalue weighted by molar-refractivity contribution is -0.483. The van der Waals surface area contributed by atoms with Crippen LogP contribution in [0.15, 0.2) is 60.7 Å². The second-order valence-corrected chi connectivity index (χ2v) is 4.73. The van der Waals surface area contributed by atoms with Gasteiger partial charge in [-0.1, -0.05) is 54.6 Å². The van der Waals surface area contributed by atoms with Crippen LogP contribution in [-0.4, -0.2) is 17.0 Å². The SMILES string of the molecule is [O-][N+]1=Cc2ccccc2CC1/C=C/c1ccccc1. The van der Waals surface area contributed by atoms with Crippen molar-refractivity contribution in [3.63, 3.8) is 0 Å². The Bertz CT molecular complexity index is 629. The Morgan fingerprint density at radius 2 is 1.74 bits per heavy atom. The van der Waals surface area contributed by atoms with Crippen LogP contribution in [0.1, 0.15) is 16.7 Å². The Kier molecular flexibility index (Phi) is 3.15. The molecule has 0 saturated heterocycles. The molecule has 94 valence electrons. The average Bonchev–Trinajstić information content (AvgIpc) is 2.46. The Balaban J connectivity index is 1.83. The molecule has 19 heavy (non-hydrogen) atoms. The molecule has 1 unspecified atom stereocenters. The van der Waals surface area contributed by atoms with E-state index in [2.05, 4.69) is 6.07 Å². The lowest BCUT2D eigenvalue weighted by Gasteiger charge is -2.19. The summed E-state index contributed by atoms with van der Waals surface area (Å²) < 4.78 is 1.04. The third-order valence-corrected chi connectivity index (χ3v) is 3.39. The molecule has 0 amide bonds. The highest BCUT2D eigenvalue weighted by Gasteiger charge is 2.20. The lowest BCUT2D eigenvalue weighted by Crippen LogP contribution is -2.27. The zero-order chi connectivity index (χ0) is 13.1. The summed E-state index contributed by atoms with van der Waals surface area (Å²) in [7, 11) is 0. The maximum absolute atomic E-state index is 12.0.